The van der Waals surface area contributed by atoms with Gasteiger partial charge in [0.1, 0.15) is 5.56 Å². The number of carbonyl (C=O) groups excluding carboxylic acids is 2. The van der Waals surface area contributed by atoms with Gasteiger partial charge in [-0.25, -0.2) is 20.0 Å². The summed E-state index contributed by atoms with van der Waals surface area (Å²) in [4.78, 5) is 47.7. The molecule has 0 bridgehead atoms. The van der Waals surface area contributed by atoms with E-state index in [4.69, 9.17) is 0 Å². The topological polar surface area (TPSA) is 154 Å². The third-order valence-electron chi connectivity index (χ3n) is 4.21. The molecule has 0 aliphatic heterocycles. The number of anilines is 2. The van der Waals surface area contributed by atoms with E-state index < -0.39 is 39.6 Å². The fourth-order valence-electron chi connectivity index (χ4n) is 2.81. The van der Waals surface area contributed by atoms with E-state index in [1.54, 1.807) is 48.5 Å². The van der Waals surface area contributed by atoms with Gasteiger partial charge < -0.3 is 5.11 Å². The molecule has 0 unspecified atom stereocenters. The molecule has 0 spiro atoms. The van der Waals surface area contributed by atoms with E-state index in [1.165, 1.54) is 18.2 Å². The van der Waals surface area contributed by atoms with Gasteiger partial charge in [0.25, 0.3) is 11.6 Å². The number of urea groups is 1. The monoisotopic (exact) mass is 435 g/mol. The van der Waals surface area contributed by atoms with Crippen molar-refractivity contribution in [2.75, 3.05) is 10.4 Å². The van der Waals surface area contributed by atoms with Crippen LogP contribution in [0.5, 0.6) is 0 Å². The Hall–Kier alpha value is -4.93. The first kappa shape index (κ1) is 21.8. The number of hydrogen-bond acceptors (Lipinski definition) is 6. The number of carbonyl (C=O) groups is 3. The van der Waals surface area contributed by atoms with Crippen molar-refractivity contribution in [2.24, 2.45) is 0 Å². The standard InChI is InChI=1S/C21H17N5O6/c27-19(16-12-7-13-17(26(31)32)18(16)20(28)29)25(15-10-5-2-6-11-15)24-21(30)23-22-14-8-3-1-4-9-14/h1-13,22H,(H,28,29)(H2,23,24,30). The van der Waals surface area contributed by atoms with E-state index in [-0.39, 0.29) is 5.69 Å². The Balaban J connectivity index is 1.92. The highest BCUT2D eigenvalue weighted by atomic mass is 16.6. The normalized spacial score (nSPS) is 10.0. The predicted molar refractivity (Wildman–Crippen MR) is 115 cm³/mol. The molecule has 3 amide bonds. The van der Waals surface area contributed by atoms with Crippen LogP contribution in [0, 0.1) is 10.1 Å². The van der Waals surface area contributed by atoms with Crippen LogP contribution in [-0.4, -0.2) is 27.9 Å². The van der Waals surface area contributed by atoms with Gasteiger partial charge in [-0.05, 0) is 30.3 Å². The smallest absolute Gasteiger partial charge is 0.352 e. The first-order valence-corrected chi connectivity index (χ1v) is 9.16. The molecule has 0 saturated carbocycles. The van der Waals surface area contributed by atoms with Crippen molar-refractivity contribution >= 4 is 35.0 Å². The van der Waals surface area contributed by atoms with Crippen LogP contribution in [0.25, 0.3) is 0 Å². The van der Waals surface area contributed by atoms with Gasteiger partial charge in [-0.1, -0.05) is 42.5 Å². The molecule has 0 atom stereocenters. The predicted octanol–water partition coefficient (Wildman–Crippen LogP) is 3.18. The Labute approximate surface area is 181 Å². The van der Waals surface area contributed by atoms with Gasteiger partial charge in [0.15, 0.2) is 0 Å². The van der Waals surface area contributed by atoms with E-state index >= 15 is 0 Å². The van der Waals surface area contributed by atoms with E-state index in [1.807, 2.05) is 0 Å². The lowest BCUT2D eigenvalue weighted by Crippen LogP contribution is -2.52. The highest BCUT2D eigenvalue weighted by Gasteiger charge is 2.30. The minimum atomic E-state index is -1.65. The number of carboxylic acid groups (broad SMARTS) is 1. The summed E-state index contributed by atoms with van der Waals surface area (Å²) in [6, 6.07) is 19.0. The zero-order valence-electron chi connectivity index (χ0n) is 16.4. The van der Waals surface area contributed by atoms with Gasteiger partial charge in [0, 0.05) is 6.07 Å². The zero-order valence-corrected chi connectivity index (χ0v) is 16.4. The summed E-state index contributed by atoms with van der Waals surface area (Å²) in [6.07, 6.45) is 0. The van der Waals surface area contributed by atoms with Crippen molar-refractivity contribution in [3.8, 4) is 0 Å². The summed E-state index contributed by atoms with van der Waals surface area (Å²) in [5.74, 6) is -2.63. The lowest BCUT2D eigenvalue weighted by atomic mass is 10.0. The van der Waals surface area contributed by atoms with Crippen molar-refractivity contribution in [3.05, 3.63) is 100 Å². The SMILES string of the molecule is O=C(NNc1ccccc1)NN(C(=O)c1cccc([N+](=O)[O-])c1C(=O)O)c1ccccc1. The molecule has 3 aromatic carbocycles. The first-order valence-electron chi connectivity index (χ1n) is 9.16. The number of rotatable bonds is 6. The van der Waals surface area contributed by atoms with Crippen LogP contribution in [0.15, 0.2) is 78.9 Å². The van der Waals surface area contributed by atoms with Crippen molar-refractivity contribution < 1.29 is 24.4 Å². The number of nitrogens with one attached hydrogen (secondary N) is 3. The maximum Gasteiger partial charge on any atom is 0.352 e. The van der Waals surface area contributed by atoms with E-state index in [0.717, 1.165) is 17.1 Å². The summed E-state index contributed by atoms with van der Waals surface area (Å²) >= 11 is 0. The molecule has 0 aliphatic carbocycles. The molecule has 32 heavy (non-hydrogen) atoms. The van der Waals surface area contributed by atoms with E-state index in [2.05, 4.69) is 16.3 Å². The largest absolute Gasteiger partial charge is 0.477 e. The minimum absolute atomic E-state index is 0.204. The molecule has 3 aromatic rings. The molecule has 3 rings (SSSR count). The van der Waals surface area contributed by atoms with Crippen molar-refractivity contribution in [3.63, 3.8) is 0 Å². The highest BCUT2D eigenvalue weighted by Crippen LogP contribution is 2.25. The Morgan fingerprint density at radius 3 is 2.09 bits per heavy atom. The molecular weight excluding hydrogens is 418 g/mol. The number of benzene rings is 3. The minimum Gasteiger partial charge on any atom is -0.477 e. The summed E-state index contributed by atoms with van der Waals surface area (Å²) in [7, 11) is 0. The van der Waals surface area contributed by atoms with E-state index in [9.17, 15) is 29.6 Å². The third-order valence-corrected chi connectivity index (χ3v) is 4.21. The Morgan fingerprint density at radius 2 is 1.50 bits per heavy atom. The molecule has 0 aromatic heterocycles. The first-order chi connectivity index (χ1) is 15.4. The van der Waals surface area contributed by atoms with Crippen LogP contribution < -0.4 is 21.3 Å². The van der Waals surface area contributed by atoms with Crippen LogP contribution in [0.2, 0.25) is 0 Å². The number of hydrogen-bond donors (Lipinski definition) is 4. The number of carboxylic acids is 1. The maximum atomic E-state index is 13.2. The molecule has 11 heteroatoms. The summed E-state index contributed by atoms with van der Waals surface area (Å²) in [6.45, 7) is 0. The highest BCUT2D eigenvalue weighted by molar-refractivity contribution is 6.14. The molecule has 0 saturated heterocycles. The quantitative estimate of drug-likeness (QED) is 0.342. The average Bonchev–Trinajstić information content (AvgIpc) is 2.81. The van der Waals surface area contributed by atoms with Gasteiger partial charge >= 0.3 is 12.0 Å². The molecule has 162 valence electrons. The molecule has 0 fully saturated rings. The lowest BCUT2D eigenvalue weighted by molar-refractivity contribution is -0.385. The molecular formula is C21H17N5O6. The average molecular weight is 435 g/mol. The van der Waals surface area contributed by atoms with Crippen molar-refractivity contribution in [1.82, 2.24) is 10.9 Å². The molecule has 4 N–H and O–H groups in total. The number of amides is 3. The second kappa shape index (κ2) is 9.71. The van der Waals surface area contributed by atoms with Crippen LogP contribution in [0.3, 0.4) is 0 Å². The fourth-order valence-corrected chi connectivity index (χ4v) is 2.81. The van der Waals surface area contributed by atoms with E-state index in [0.29, 0.717) is 5.69 Å². The number of hydrazine groups is 2. The number of nitrogens with zero attached hydrogens (tertiary/aromatic N) is 2. The third kappa shape index (κ3) is 4.97. The van der Waals surface area contributed by atoms with Gasteiger partial charge in [0.2, 0.25) is 0 Å². The van der Waals surface area contributed by atoms with Crippen LogP contribution in [0.4, 0.5) is 21.9 Å². The second-order valence-electron chi connectivity index (χ2n) is 6.30. The number of nitro groups is 1. The van der Waals surface area contributed by atoms with Gasteiger partial charge in [-0.3, -0.25) is 25.8 Å². The Bertz CT molecular complexity index is 1150. The van der Waals surface area contributed by atoms with Crippen molar-refractivity contribution in [1.29, 1.82) is 0 Å². The molecule has 0 radical (unpaired) electrons. The molecule has 0 aliphatic rings. The number of para-hydroxylation sites is 2. The summed E-state index contributed by atoms with van der Waals surface area (Å²) < 4.78 is 0. The summed E-state index contributed by atoms with van der Waals surface area (Å²) in [5.41, 5.74) is 6.12. The van der Waals surface area contributed by atoms with Crippen molar-refractivity contribution in [2.45, 2.75) is 0 Å². The number of nitro benzene ring substituents is 1. The van der Waals surface area contributed by atoms with Gasteiger partial charge in [0.05, 0.1) is 21.9 Å². The molecule has 11 nitrogen and oxygen atoms in total. The Morgan fingerprint density at radius 1 is 0.875 bits per heavy atom. The maximum absolute atomic E-state index is 13.2. The van der Waals surface area contributed by atoms with Gasteiger partial charge in [-0.2, -0.15) is 0 Å². The molecule has 0 heterocycles. The second-order valence-corrected chi connectivity index (χ2v) is 6.30. The zero-order chi connectivity index (χ0) is 23.1. The van der Waals surface area contributed by atoms with Crippen LogP contribution in [0.1, 0.15) is 20.7 Å². The van der Waals surface area contributed by atoms with Crippen LogP contribution >= 0.6 is 0 Å². The number of aromatic carboxylic acids is 1. The summed E-state index contributed by atoms with van der Waals surface area (Å²) in [5, 5.41) is 21.6. The fraction of sp³-hybridized carbons (Fsp3) is 0. The van der Waals surface area contributed by atoms with Gasteiger partial charge in [-0.15, -0.1) is 0 Å². The van der Waals surface area contributed by atoms with Crippen LogP contribution in [-0.2, 0) is 0 Å². The Kier molecular flexibility index (Phi) is 6.61. The lowest BCUT2D eigenvalue weighted by Gasteiger charge is -2.24.